The fraction of sp³-hybridized carbons (Fsp3) is 0. The van der Waals surface area contributed by atoms with Crippen molar-refractivity contribution in [2.45, 2.75) is 0 Å². The van der Waals surface area contributed by atoms with Gasteiger partial charge in [0, 0.05) is 44.5 Å². The van der Waals surface area contributed by atoms with Crippen LogP contribution in [0.15, 0.2) is 137 Å². The SMILES string of the molecule is [O-2].[Ti+4].c1ccc2c(c1)C1=NC2=NC2=NC(=NC3=NC(=NC4=NC(=N1)c1ccccc14)c1ccccc13)c1ccccc12. The van der Waals surface area contributed by atoms with E-state index in [9.17, 15) is 0 Å². The van der Waals surface area contributed by atoms with E-state index in [4.69, 9.17) is 39.9 Å². The number of hydrogen-bond donors (Lipinski definition) is 0. The molecule has 0 aromatic heterocycles. The Hall–Kier alpha value is -5.09. The summed E-state index contributed by atoms with van der Waals surface area (Å²) in [5.41, 5.74) is 7.15. The van der Waals surface area contributed by atoms with Crippen molar-refractivity contribution in [1.29, 1.82) is 0 Å². The maximum Gasteiger partial charge on any atom is 4.00 e. The zero-order valence-corrected chi connectivity index (χ0v) is 23.3. The molecule has 9 rings (SSSR count). The molecule has 0 unspecified atom stereocenters. The van der Waals surface area contributed by atoms with Crippen molar-refractivity contribution in [3.8, 4) is 0 Å². The number of aliphatic imine (C=N–C) groups is 8. The van der Waals surface area contributed by atoms with Crippen LogP contribution in [0.5, 0.6) is 0 Å². The third-order valence-electron chi connectivity index (χ3n) is 7.33. The second kappa shape index (κ2) is 9.78. The minimum atomic E-state index is 0. The first kappa shape index (κ1) is 25.9. The van der Waals surface area contributed by atoms with Crippen LogP contribution in [0.3, 0.4) is 0 Å². The van der Waals surface area contributed by atoms with Crippen molar-refractivity contribution in [1.82, 2.24) is 0 Å². The fourth-order valence-electron chi connectivity index (χ4n) is 5.46. The predicted molar refractivity (Wildman–Crippen MR) is 159 cm³/mol. The predicted octanol–water partition coefficient (Wildman–Crippen LogP) is 4.71. The van der Waals surface area contributed by atoms with Gasteiger partial charge in [-0.15, -0.1) is 0 Å². The van der Waals surface area contributed by atoms with Crippen molar-refractivity contribution in [3.63, 3.8) is 0 Å². The number of rotatable bonds is 0. The van der Waals surface area contributed by atoms with Gasteiger partial charge in [0.25, 0.3) is 0 Å². The van der Waals surface area contributed by atoms with Gasteiger partial charge in [-0.05, 0) is 0 Å². The third-order valence-corrected chi connectivity index (χ3v) is 7.33. The molecule has 5 heterocycles. The summed E-state index contributed by atoms with van der Waals surface area (Å²) in [5.74, 6) is 4.42. The number of benzene rings is 4. The van der Waals surface area contributed by atoms with Crippen molar-refractivity contribution in [2.75, 3.05) is 0 Å². The summed E-state index contributed by atoms with van der Waals surface area (Å²) < 4.78 is 0. The first-order valence-electron chi connectivity index (χ1n) is 12.9. The van der Waals surface area contributed by atoms with Gasteiger partial charge in [0.2, 0.25) is 0 Å². The van der Waals surface area contributed by atoms with Gasteiger partial charge < -0.3 is 5.48 Å². The number of hydrogen-bond acceptors (Lipinski definition) is 8. The molecule has 5 aliphatic heterocycles. The van der Waals surface area contributed by atoms with Crippen LogP contribution in [0.2, 0.25) is 0 Å². The molecule has 0 atom stereocenters. The van der Waals surface area contributed by atoms with E-state index in [-0.39, 0.29) is 27.2 Å². The van der Waals surface area contributed by atoms with Crippen molar-refractivity contribution in [2.24, 2.45) is 39.9 Å². The quantitative estimate of drug-likeness (QED) is 0.269. The van der Waals surface area contributed by atoms with E-state index in [0.717, 1.165) is 44.5 Å². The molecule has 0 spiro atoms. The Bertz CT molecular complexity index is 1800. The largest absolute Gasteiger partial charge is 4.00 e. The molecule has 42 heavy (non-hydrogen) atoms. The Morgan fingerprint density at radius 1 is 0.238 bits per heavy atom. The van der Waals surface area contributed by atoms with Gasteiger partial charge in [-0.2, -0.15) is 0 Å². The van der Waals surface area contributed by atoms with Gasteiger partial charge in [0.15, 0.2) is 46.7 Å². The van der Waals surface area contributed by atoms with Gasteiger partial charge in [-0.1, -0.05) is 97.1 Å². The Morgan fingerprint density at radius 3 is 0.476 bits per heavy atom. The molecule has 0 saturated heterocycles. The zero-order chi connectivity index (χ0) is 26.2. The Morgan fingerprint density at radius 2 is 0.357 bits per heavy atom. The van der Waals surface area contributed by atoms with Gasteiger partial charge in [-0.3, -0.25) is 0 Å². The Balaban J connectivity index is 0.00000144. The van der Waals surface area contributed by atoms with Crippen LogP contribution in [0, 0.1) is 0 Å². The van der Waals surface area contributed by atoms with Gasteiger partial charge >= 0.3 is 21.7 Å². The van der Waals surface area contributed by atoms with Gasteiger partial charge in [0.05, 0.1) is 0 Å². The Labute approximate surface area is 254 Å². The smallest absolute Gasteiger partial charge is 2.00 e. The van der Waals surface area contributed by atoms with Gasteiger partial charge in [0.1, 0.15) is 0 Å². The molecule has 4 aromatic rings. The second-order valence-electron chi connectivity index (χ2n) is 9.67. The van der Waals surface area contributed by atoms with E-state index in [1.807, 2.05) is 97.1 Å². The molecule has 0 amide bonds. The van der Waals surface area contributed by atoms with E-state index in [0.29, 0.717) is 46.7 Å². The molecule has 0 saturated carbocycles. The maximum absolute atomic E-state index is 4.95. The monoisotopic (exact) mass is 576 g/mol. The minimum Gasteiger partial charge on any atom is -2.00 e. The molecule has 0 radical (unpaired) electrons. The zero-order valence-electron chi connectivity index (χ0n) is 21.7. The first-order valence-corrected chi connectivity index (χ1v) is 12.9. The molecule has 0 fully saturated rings. The van der Waals surface area contributed by atoms with E-state index >= 15 is 0 Å². The average Bonchev–Trinajstić information content (AvgIpc) is 3.73. The van der Waals surface area contributed by atoms with Crippen LogP contribution in [-0.2, 0) is 27.2 Å². The molecule has 0 N–H and O–H groups in total. The van der Waals surface area contributed by atoms with E-state index in [1.54, 1.807) is 0 Å². The number of nitrogens with zero attached hydrogens (tertiary/aromatic N) is 8. The second-order valence-corrected chi connectivity index (χ2v) is 9.67. The molecule has 192 valence electrons. The summed E-state index contributed by atoms with van der Waals surface area (Å²) in [6, 6.07) is 31.8. The summed E-state index contributed by atoms with van der Waals surface area (Å²) in [7, 11) is 0. The van der Waals surface area contributed by atoms with E-state index in [1.165, 1.54) is 0 Å². The summed E-state index contributed by atoms with van der Waals surface area (Å²) in [6.07, 6.45) is 0. The fourth-order valence-corrected chi connectivity index (χ4v) is 5.46. The number of amidine groups is 8. The van der Waals surface area contributed by atoms with Crippen molar-refractivity contribution in [3.05, 3.63) is 142 Å². The van der Waals surface area contributed by atoms with Crippen molar-refractivity contribution >= 4 is 46.7 Å². The van der Waals surface area contributed by atoms with Crippen LogP contribution in [0.25, 0.3) is 0 Å². The van der Waals surface area contributed by atoms with Crippen molar-refractivity contribution < 1.29 is 27.2 Å². The average molecular weight is 576 g/mol. The molecular weight excluding hydrogens is 560 g/mol. The summed E-state index contributed by atoms with van der Waals surface area (Å²) >= 11 is 0. The van der Waals surface area contributed by atoms with Crippen LogP contribution in [0.4, 0.5) is 0 Å². The molecule has 4 aromatic carbocycles. The standard InChI is InChI=1S/C32H16N8.O.Ti/c1-2-10-18-17(9-1)25-33-26(18)38-28-21-13-5-6-14-22(21)30(35-28)40-32-24-16-8-7-15-23(24)31(36-32)39-29-20-12-4-3-11-19(20)27(34-29)37-25;;/h1-16H;;/q;-2;+4. The van der Waals surface area contributed by atoms with Gasteiger partial charge in [-0.25, -0.2) is 39.9 Å². The molecule has 9 nitrogen and oxygen atoms in total. The summed E-state index contributed by atoms with van der Waals surface area (Å²) in [6.45, 7) is 0. The Kier molecular flexibility index (Phi) is 6.02. The van der Waals surface area contributed by atoms with E-state index in [2.05, 4.69) is 0 Å². The number of fused-ring (bicyclic) bond motifs is 16. The molecule has 8 bridgehead atoms. The maximum atomic E-state index is 4.95. The van der Waals surface area contributed by atoms with Crippen LogP contribution >= 0.6 is 0 Å². The topological polar surface area (TPSA) is 127 Å². The third kappa shape index (κ3) is 3.79. The van der Waals surface area contributed by atoms with Crippen LogP contribution in [0.1, 0.15) is 44.5 Å². The van der Waals surface area contributed by atoms with Crippen LogP contribution in [-0.4, -0.2) is 46.7 Å². The first-order chi connectivity index (χ1) is 19.8. The minimum absolute atomic E-state index is 0. The molecule has 0 aliphatic carbocycles. The molecular formula is C32H16N8OTi+2. The summed E-state index contributed by atoms with van der Waals surface area (Å²) in [4.78, 5) is 39.3. The van der Waals surface area contributed by atoms with Crippen LogP contribution < -0.4 is 0 Å². The summed E-state index contributed by atoms with van der Waals surface area (Å²) in [5, 5.41) is 0. The molecule has 10 heteroatoms. The normalized spacial score (nSPS) is 16.4. The van der Waals surface area contributed by atoms with E-state index < -0.39 is 0 Å². The molecule has 5 aliphatic rings.